The van der Waals surface area contributed by atoms with Crippen LogP contribution in [0, 0.1) is 6.08 Å². The summed E-state index contributed by atoms with van der Waals surface area (Å²) in [6.45, 7) is 0. The van der Waals surface area contributed by atoms with Gasteiger partial charge in [-0.1, -0.05) is 42.6 Å². The van der Waals surface area contributed by atoms with Crippen molar-refractivity contribution in [2.75, 3.05) is 0 Å². The van der Waals surface area contributed by atoms with Crippen LogP contribution in [0.5, 0.6) is 11.5 Å². The zero-order valence-electron chi connectivity index (χ0n) is 14.7. The predicted octanol–water partition coefficient (Wildman–Crippen LogP) is 5.65. The Bertz CT molecular complexity index is 1140. The third-order valence-corrected chi connectivity index (χ3v) is 5.94. The van der Waals surface area contributed by atoms with Crippen LogP contribution >= 0.6 is 23.1 Å². The topological polar surface area (TPSA) is 65.7 Å². The number of nitrogens with zero attached hydrogens (tertiary/aromatic N) is 5. The molecule has 1 saturated carbocycles. The van der Waals surface area contributed by atoms with Gasteiger partial charge in [0.25, 0.3) is 0 Å². The first-order chi connectivity index (χ1) is 13.7. The minimum absolute atomic E-state index is 0.0424. The van der Waals surface area contributed by atoms with Crippen LogP contribution in [-0.4, -0.2) is 24.1 Å². The minimum atomic E-state index is -0.853. The summed E-state index contributed by atoms with van der Waals surface area (Å²) in [7, 11) is 0. The van der Waals surface area contributed by atoms with Crippen molar-refractivity contribution in [2.24, 2.45) is 0 Å². The second-order valence-electron chi connectivity index (χ2n) is 6.65. The smallest absolute Gasteiger partial charge is 0.312 e. The van der Waals surface area contributed by atoms with Gasteiger partial charge >= 0.3 is 6.08 Å². The Balaban J connectivity index is 1.67. The summed E-state index contributed by atoms with van der Waals surface area (Å²) >= 11 is 7.56. The van der Waals surface area contributed by atoms with Gasteiger partial charge in [0.1, 0.15) is 21.5 Å². The summed E-state index contributed by atoms with van der Waals surface area (Å²) in [5.74, 6) is 1.26. The molecule has 1 aromatic carbocycles. The van der Waals surface area contributed by atoms with E-state index in [4.69, 9.17) is 21.4 Å². The van der Waals surface area contributed by atoms with E-state index >= 15 is 0 Å². The van der Waals surface area contributed by atoms with E-state index in [2.05, 4.69) is 14.3 Å². The van der Waals surface area contributed by atoms with Crippen molar-refractivity contribution in [2.45, 2.75) is 31.7 Å². The Hall–Kier alpha value is -2.58. The molecule has 4 aromatic rings. The van der Waals surface area contributed by atoms with E-state index in [1.54, 1.807) is 10.9 Å². The van der Waals surface area contributed by atoms with E-state index in [-0.39, 0.29) is 11.2 Å². The molecular weight excluding hydrogens is 401 g/mol. The third-order valence-electron chi connectivity index (χ3n) is 4.87. The number of rotatable bonds is 4. The quantitative estimate of drug-likeness (QED) is 0.318. The van der Waals surface area contributed by atoms with Crippen molar-refractivity contribution in [3.05, 3.63) is 47.8 Å². The number of hydrogen-bond acceptors (Lipinski definition) is 6. The Labute approximate surface area is 169 Å². The van der Waals surface area contributed by atoms with Gasteiger partial charge in [-0.25, -0.2) is 4.68 Å². The average molecular weight is 416 g/mol. The average Bonchev–Trinajstić information content (AvgIpc) is 3.41. The number of para-hydroxylation sites is 1. The number of halogens is 2. The molecule has 0 unspecified atom stereocenters. The summed E-state index contributed by atoms with van der Waals surface area (Å²) in [6.07, 6.45) is 4.99. The molecule has 0 amide bonds. The first-order valence-electron chi connectivity index (χ1n) is 9.00. The van der Waals surface area contributed by atoms with Crippen molar-refractivity contribution >= 4 is 34.2 Å². The predicted molar refractivity (Wildman–Crippen MR) is 105 cm³/mol. The van der Waals surface area contributed by atoms with Gasteiger partial charge in [-0.15, -0.1) is 0 Å². The van der Waals surface area contributed by atoms with Crippen LogP contribution in [0.3, 0.4) is 0 Å². The maximum atomic E-state index is 13.9. The Morgan fingerprint density at radius 2 is 1.93 bits per heavy atom. The lowest BCUT2D eigenvalue weighted by molar-refractivity contribution is 0.471. The highest BCUT2D eigenvalue weighted by molar-refractivity contribution is 7.10. The van der Waals surface area contributed by atoms with E-state index in [9.17, 15) is 4.39 Å². The Morgan fingerprint density at radius 3 is 2.71 bits per heavy atom. The summed E-state index contributed by atoms with van der Waals surface area (Å²) in [6, 6.07) is 9.61. The molecule has 0 atom stereocenters. The van der Waals surface area contributed by atoms with Gasteiger partial charge in [0.2, 0.25) is 0 Å². The van der Waals surface area contributed by atoms with Gasteiger partial charge in [-0.2, -0.15) is 23.8 Å². The molecule has 0 bridgehead atoms. The summed E-state index contributed by atoms with van der Waals surface area (Å²) < 4.78 is 25.9. The molecule has 9 heteroatoms. The van der Waals surface area contributed by atoms with Crippen LogP contribution < -0.4 is 4.74 Å². The zero-order valence-corrected chi connectivity index (χ0v) is 16.3. The van der Waals surface area contributed by atoms with Crippen molar-refractivity contribution in [3.63, 3.8) is 0 Å². The van der Waals surface area contributed by atoms with Gasteiger partial charge < -0.3 is 4.74 Å². The van der Waals surface area contributed by atoms with Crippen LogP contribution in [0.1, 0.15) is 31.7 Å². The van der Waals surface area contributed by atoms with Gasteiger partial charge in [-0.05, 0) is 36.5 Å². The van der Waals surface area contributed by atoms with Gasteiger partial charge in [-0.3, -0.25) is 0 Å². The van der Waals surface area contributed by atoms with Gasteiger partial charge in [0.15, 0.2) is 11.4 Å². The largest absolute Gasteiger partial charge is 0.454 e. The van der Waals surface area contributed by atoms with E-state index in [0.29, 0.717) is 33.1 Å². The fraction of sp³-hybridized carbons (Fsp3) is 0.263. The lowest BCUT2D eigenvalue weighted by atomic mass is 10.2. The first-order valence-corrected chi connectivity index (χ1v) is 10.1. The maximum absolute atomic E-state index is 13.9. The standard InChI is InChI=1S/C19H15ClFN5OS/c20-17-14-15(16-13(10-22-28-16)27-12-8-2-1-3-9-12)25-26(11-6-4-5-7-11)18(14)24-19(21)23-17/h1-3,8-11H,4-7H2. The molecule has 142 valence electrons. The van der Waals surface area contributed by atoms with Crippen LogP contribution in [0.2, 0.25) is 5.15 Å². The highest BCUT2D eigenvalue weighted by atomic mass is 35.5. The highest BCUT2D eigenvalue weighted by Gasteiger charge is 2.27. The van der Waals surface area contributed by atoms with Crippen LogP contribution in [0.15, 0.2) is 36.5 Å². The fourth-order valence-corrected chi connectivity index (χ4v) is 4.52. The molecule has 28 heavy (non-hydrogen) atoms. The SMILES string of the molecule is Fc1nc(Cl)c2c(-c3sncc3Oc3ccccc3)nn(C3CCCC3)c2n1. The van der Waals surface area contributed by atoms with E-state index < -0.39 is 6.08 Å². The van der Waals surface area contributed by atoms with Crippen LogP contribution in [-0.2, 0) is 0 Å². The number of hydrogen-bond donors (Lipinski definition) is 0. The molecule has 0 spiro atoms. The highest BCUT2D eigenvalue weighted by Crippen LogP contribution is 2.42. The normalized spacial score (nSPS) is 14.8. The van der Waals surface area contributed by atoms with Crippen molar-refractivity contribution in [1.29, 1.82) is 0 Å². The number of ether oxygens (including phenoxy) is 1. The molecule has 0 saturated heterocycles. The summed E-state index contributed by atoms with van der Waals surface area (Å²) in [4.78, 5) is 8.42. The minimum Gasteiger partial charge on any atom is -0.454 e. The molecule has 0 aliphatic heterocycles. The van der Waals surface area contributed by atoms with Gasteiger partial charge in [0, 0.05) is 0 Å². The van der Waals surface area contributed by atoms with E-state index in [1.807, 2.05) is 30.3 Å². The Morgan fingerprint density at radius 1 is 1.14 bits per heavy atom. The summed E-state index contributed by atoms with van der Waals surface area (Å²) in [5.41, 5.74) is 0.985. The van der Waals surface area contributed by atoms with Crippen LogP contribution in [0.25, 0.3) is 21.6 Å². The maximum Gasteiger partial charge on any atom is 0.312 e. The summed E-state index contributed by atoms with van der Waals surface area (Å²) in [5, 5.41) is 5.34. The molecule has 5 rings (SSSR count). The lowest BCUT2D eigenvalue weighted by Gasteiger charge is -2.10. The first kappa shape index (κ1) is 17.5. The fourth-order valence-electron chi connectivity index (χ4n) is 3.61. The Kier molecular flexibility index (Phi) is 4.44. The molecule has 3 aromatic heterocycles. The zero-order chi connectivity index (χ0) is 19.1. The van der Waals surface area contributed by atoms with Gasteiger partial charge in [0.05, 0.1) is 17.6 Å². The molecule has 0 N–H and O–H groups in total. The molecule has 1 fully saturated rings. The monoisotopic (exact) mass is 415 g/mol. The van der Waals surface area contributed by atoms with Crippen LogP contribution in [0.4, 0.5) is 4.39 Å². The van der Waals surface area contributed by atoms with Crippen molar-refractivity contribution < 1.29 is 9.13 Å². The molecule has 1 aliphatic rings. The molecule has 0 radical (unpaired) electrons. The molecule has 3 heterocycles. The second-order valence-corrected chi connectivity index (χ2v) is 7.81. The third kappa shape index (κ3) is 3.02. The van der Waals surface area contributed by atoms with Crippen molar-refractivity contribution in [1.82, 2.24) is 24.1 Å². The number of fused-ring (bicyclic) bond motifs is 1. The van der Waals surface area contributed by atoms with E-state index in [0.717, 1.165) is 25.7 Å². The number of benzene rings is 1. The lowest BCUT2D eigenvalue weighted by Crippen LogP contribution is -2.08. The van der Waals surface area contributed by atoms with E-state index in [1.165, 1.54) is 11.5 Å². The molecular formula is C19H15ClFN5OS. The second kappa shape index (κ2) is 7.10. The number of aromatic nitrogens is 5. The van der Waals surface area contributed by atoms with Crippen molar-refractivity contribution in [3.8, 4) is 22.1 Å². The molecule has 1 aliphatic carbocycles. The molecule has 6 nitrogen and oxygen atoms in total.